The van der Waals surface area contributed by atoms with E-state index < -0.39 is 0 Å². The molecule has 8 heteroatoms. The molecule has 33 heavy (non-hydrogen) atoms. The van der Waals surface area contributed by atoms with Crippen LogP contribution < -0.4 is 10.5 Å². The second kappa shape index (κ2) is 8.74. The fourth-order valence-electron chi connectivity index (χ4n) is 4.27. The second-order valence-electron chi connectivity index (χ2n) is 7.99. The van der Waals surface area contributed by atoms with Gasteiger partial charge in [-0.15, -0.1) is 0 Å². The van der Waals surface area contributed by atoms with Gasteiger partial charge in [0, 0.05) is 24.6 Å². The Morgan fingerprint density at radius 1 is 1.12 bits per heavy atom. The minimum atomic E-state index is -0.0658. The van der Waals surface area contributed by atoms with Crippen molar-refractivity contribution in [2.75, 3.05) is 18.8 Å². The fourth-order valence-corrected chi connectivity index (χ4v) is 4.27. The summed E-state index contributed by atoms with van der Waals surface area (Å²) in [5, 5.41) is 4.44. The number of ether oxygens (including phenoxy) is 1. The summed E-state index contributed by atoms with van der Waals surface area (Å²) in [6, 6.07) is 17.3. The lowest BCUT2D eigenvalue weighted by Crippen LogP contribution is -2.38. The molecule has 1 atom stereocenters. The number of carbonyl (C=O) groups excluding carboxylic acids is 1. The SMILES string of the molecule is C=CC(=O)N1CCCC(c2nc(-c3ccc(Oc4ccccc4)cc3)c3c(N)ncnn23)C1. The molecule has 166 valence electrons. The molecule has 0 radical (unpaired) electrons. The third kappa shape index (κ3) is 4.03. The summed E-state index contributed by atoms with van der Waals surface area (Å²) in [7, 11) is 0. The Morgan fingerprint density at radius 2 is 1.88 bits per heavy atom. The smallest absolute Gasteiger partial charge is 0.245 e. The molecule has 4 aromatic rings. The molecule has 1 amide bonds. The average molecular weight is 441 g/mol. The van der Waals surface area contributed by atoms with Crippen LogP contribution in [0.2, 0.25) is 0 Å². The first kappa shape index (κ1) is 20.7. The van der Waals surface area contributed by atoms with E-state index in [9.17, 15) is 4.79 Å². The molecule has 1 saturated heterocycles. The van der Waals surface area contributed by atoms with Crippen molar-refractivity contribution < 1.29 is 9.53 Å². The Kier molecular flexibility index (Phi) is 5.48. The van der Waals surface area contributed by atoms with Crippen LogP contribution in [0.1, 0.15) is 24.6 Å². The predicted octanol–water partition coefficient (Wildman–Crippen LogP) is 4.06. The Bertz CT molecular complexity index is 1300. The number of hydrogen-bond donors (Lipinski definition) is 1. The lowest BCUT2D eigenvalue weighted by atomic mass is 9.97. The number of likely N-dealkylation sites (tertiary alicyclic amines) is 1. The van der Waals surface area contributed by atoms with Gasteiger partial charge in [0.1, 0.15) is 34.9 Å². The minimum absolute atomic E-state index is 0.0406. The highest BCUT2D eigenvalue weighted by Gasteiger charge is 2.29. The zero-order valence-corrected chi connectivity index (χ0v) is 18.1. The van der Waals surface area contributed by atoms with Gasteiger partial charge in [-0.05, 0) is 55.3 Å². The zero-order valence-electron chi connectivity index (χ0n) is 18.1. The van der Waals surface area contributed by atoms with Crippen molar-refractivity contribution in [3.8, 4) is 22.8 Å². The molecule has 1 fully saturated rings. The van der Waals surface area contributed by atoms with Crippen LogP contribution in [0.5, 0.6) is 11.5 Å². The summed E-state index contributed by atoms with van der Waals surface area (Å²) in [5.74, 6) is 2.61. The predicted molar refractivity (Wildman–Crippen MR) is 126 cm³/mol. The average Bonchev–Trinajstić information content (AvgIpc) is 3.26. The van der Waals surface area contributed by atoms with E-state index in [-0.39, 0.29) is 11.8 Å². The van der Waals surface area contributed by atoms with Crippen LogP contribution >= 0.6 is 0 Å². The summed E-state index contributed by atoms with van der Waals surface area (Å²) < 4.78 is 7.67. The Balaban J connectivity index is 1.50. The first-order valence-electron chi connectivity index (χ1n) is 10.9. The number of fused-ring (bicyclic) bond motifs is 1. The van der Waals surface area contributed by atoms with E-state index in [4.69, 9.17) is 15.5 Å². The van der Waals surface area contributed by atoms with Crippen molar-refractivity contribution in [1.82, 2.24) is 24.5 Å². The molecule has 0 bridgehead atoms. The Labute approximate surface area is 191 Å². The maximum absolute atomic E-state index is 12.2. The number of nitrogens with zero attached hydrogens (tertiary/aromatic N) is 5. The van der Waals surface area contributed by atoms with E-state index in [0.717, 1.165) is 42.3 Å². The lowest BCUT2D eigenvalue weighted by molar-refractivity contribution is -0.127. The molecule has 2 aromatic heterocycles. The number of imidazole rings is 1. The number of carbonyl (C=O) groups is 1. The first-order chi connectivity index (χ1) is 16.1. The van der Waals surface area contributed by atoms with Crippen molar-refractivity contribution in [1.29, 1.82) is 0 Å². The van der Waals surface area contributed by atoms with Gasteiger partial charge in [-0.1, -0.05) is 24.8 Å². The summed E-state index contributed by atoms with van der Waals surface area (Å²) in [6.07, 6.45) is 4.59. The van der Waals surface area contributed by atoms with Gasteiger partial charge in [0.15, 0.2) is 5.82 Å². The Hall–Kier alpha value is -4.20. The molecule has 1 aliphatic heterocycles. The van der Waals surface area contributed by atoms with Gasteiger partial charge in [0.25, 0.3) is 0 Å². The van der Waals surface area contributed by atoms with Gasteiger partial charge < -0.3 is 15.4 Å². The van der Waals surface area contributed by atoms with Gasteiger partial charge in [-0.2, -0.15) is 5.10 Å². The first-order valence-corrected chi connectivity index (χ1v) is 10.9. The van der Waals surface area contributed by atoms with Crippen LogP contribution in [0, 0.1) is 0 Å². The molecule has 0 saturated carbocycles. The highest BCUT2D eigenvalue weighted by molar-refractivity contribution is 5.87. The molecule has 0 aliphatic carbocycles. The van der Waals surface area contributed by atoms with Gasteiger partial charge in [0.2, 0.25) is 5.91 Å². The topological polar surface area (TPSA) is 98.6 Å². The summed E-state index contributed by atoms with van der Waals surface area (Å²) in [4.78, 5) is 23.1. The summed E-state index contributed by atoms with van der Waals surface area (Å²) in [5.41, 5.74) is 8.51. The normalized spacial score (nSPS) is 16.0. The quantitative estimate of drug-likeness (QED) is 0.470. The number of para-hydroxylation sites is 1. The van der Waals surface area contributed by atoms with Crippen molar-refractivity contribution in [2.24, 2.45) is 0 Å². The Morgan fingerprint density at radius 3 is 2.64 bits per heavy atom. The van der Waals surface area contributed by atoms with Gasteiger partial charge in [-0.3, -0.25) is 4.79 Å². The minimum Gasteiger partial charge on any atom is -0.457 e. The fraction of sp³-hybridized carbons (Fsp3) is 0.200. The molecule has 1 aliphatic rings. The van der Waals surface area contributed by atoms with E-state index in [1.807, 2.05) is 59.5 Å². The molecule has 2 aromatic carbocycles. The van der Waals surface area contributed by atoms with Gasteiger partial charge in [-0.25, -0.2) is 14.5 Å². The molecule has 5 rings (SSSR count). The number of anilines is 1. The van der Waals surface area contributed by atoms with E-state index >= 15 is 0 Å². The highest BCUT2D eigenvalue weighted by atomic mass is 16.5. The molecule has 8 nitrogen and oxygen atoms in total. The number of hydrogen-bond acceptors (Lipinski definition) is 6. The number of amides is 1. The monoisotopic (exact) mass is 440 g/mol. The number of piperidine rings is 1. The molecule has 1 unspecified atom stereocenters. The van der Waals surface area contributed by atoms with Crippen LogP contribution in [0.15, 0.2) is 73.6 Å². The van der Waals surface area contributed by atoms with E-state index in [0.29, 0.717) is 23.6 Å². The number of nitrogen functional groups attached to an aromatic ring is 1. The molecular formula is C25H24N6O2. The van der Waals surface area contributed by atoms with Crippen molar-refractivity contribution in [3.63, 3.8) is 0 Å². The van der Waals surface area contributed by atoms with Crippen LogP contribution in [-0.2, 0) is 4.79 Å². The highest BCUT2D eigenvalue weighted by Crippen LogP contribution is 2.34. The van der Waals surface area contributed by atoms with Crippen molar-refractivity contribution >= 4 is 17.2 Å². The standard InChI is InChI=1S/C25H24N6O2/c1-2-21(32)30-14-6-7-18(15-30)25-29-22(23-24(26)27-16-28-31(23)25)17-10-12-20(13-11-17)33-19-8-4-3-5-9-19/h2-5,8-13,16,18H,1,6-7,14-15H2,(H2,26,27,28). The van der Waals surface area contributed by atoms with Gasteiger partial charge in [0.05, 0.1) is 0 Å². The largest absolute Gasteiger partial charge is 0.457 e. The maximum Gasteiger partial charge on any atom is 0.245 e. The molecule has 0 spiro atoms. The molecule has 2 N–H and O–H groups in total. The van der Waals surface area contributed by atoms with Crippen molar-refractivity contribution in [2.45, 2.75) is 18.8 Å². The molecule has 3 heterocycles. The maximum atomic E-state index is 12.2. The molecular weight excluding hydrogens is 416 g/mol. The van der Waals surface area contributed by atoms with Crippen LogP contribution in [0.25, 0.3) is 16.8 Å². The number of rotatable bonds is 5. The number of aromatic nitrogens is 4. The number of nitrogens with two attached hydrogens (primary N) is 1. The van der Waals surface area contributed by atoms with E-state index in [2.05, 4.69) is 16.7 Å². The van der Waals surface area contributed by atoms with Crippen LogP contribution in [-0.4, -0.2) is 43.5 Å². The van der Waals surface area contributed by atoms with Crippen LogP contribution in [0.3, 0.4) is 0 Å². The second-order valence-corrected chi connectivity index (χ2v) is 7.99. The summed E-state index contributed by atoms with van der Waals surface area (Å²) >= 11 is 0. The van der Waals surface area contributed by atoms with Crippen molar-refractivity contribution in [3.05, 3.63) is 79.4 Å². The van der Waals surface area contributed by atoms with Crippen LogP contribution in [0.4, 0.5) is 5.82 Å². The third-order valence-corrected chi connectivity index (χ3v) is 5.87. The van der Waals surface area contributed by atoms with E-state index in [1.54, 1.807) is 4.52 Å². The van der Waals surface area contributed by atoms with Gasteiger partial charge >= 0.3 is 0 Å². The van der Waals surface area contributed by atoms with E-state index in [1.165, 1.54) is 12.4 Å². The summed E-state index contributed by atoms with van der Waals surface area (Å²) in [6.45, 7) is 4.90. The number of benzene rings is 2. The third-order valence-electron chi connectivity index (χ3n) is 5.87. The zero-order chi connectivity index (χ0) is 22.8. The lowest BCUT2D eigenvalue weighted by Gasteiger charge is -2.31.